The Kier molecular flexibility index (Phi) is 3.14. The van der Waals surface area contributed by atoms with Crippen molar-refractivity contribution < 1.29 is 4.74 Å². The van der Waals surface area contributed by atoms with E-state index in [1.807, 2.05) is 0 Å². The predicted octanol–water partition coefficient (Wildman–Crippen LogP) is 0.867. The third-order valence-electron chi connectivity index (χ3n) is 2.93. The molecule has 2 unspecified atom stereocenters. The molecule has 1 aliphatic heterocycles. The van der Waals surface area contributed by atoms with Crippen LogP contribution in [0.25, 0.3) is 0 Å². The van der Waals surface area contributed by atoms with Crippen molar-refractivity contribution in [2.75, 3.05) is 6.61 Å². The van der Waals surface area contributed by atoms with Gasteiger partial charge in [0.15, 0.2) is 5.96 Å². The van der Waals surface area contributed by atoms with Crippen LogP contribution in [-0.4, -0.2) is 30.8 Å². The maximum Gasteiger partial charge on any atom is 0.189 e. The van der Waals surface area contributed by atoms with E-state index in [0.717, 1.165) is 18.9 Å². The molecule has 2 fully saturated rings. The highest BCUT2D eigenvalue weighted by Crippen LogP contribution is 2.39. The third-order valence-corrected chi connectivity index (χ3v) is 2.93. The molecular formula is C11H21N3O. The van der Waals surface area contributed by atoms with Gasteiger partial charge in [0.05, 0.1) is 12.1 Å². The van der Waals surface area contributed by atoms with Crippen molar-refractivity contribution in [2.45, 2.75) is 51.3 Å². The van der Waals surface area contributed by atoms with Crippen LogP contribution in [-0.2, 0) is 4.74 Å². The predicted molar refractivity (Wildman–Crippen MR) is 60.8 cm³/mol. The van der Waals surface area contributed by atoms with Crippen LogP contribution in [0.1, 0.15) is 33.1 Å². The summed E-state index contributed by atoms with van der Waals surface area (Å²) in [5, 5.41) is 3.12. The fraction of sp³-hybridized carbons (Fsp3) is 0.909. The summed E-state index contributed by atoms with van der Waals surface area (Å²) in [6.45, 7) is 4.96. The molecule has 0 spiro atoms. The number of ether oxygens (including phenoxy) is 1. The summed E-state index contributed by atoms with van der Waals surface area (Å²) < 4.78 is 5.70. The molecule has 1 saturated heterocycles. The number of aliphatic imine (C=N–C) groups is 1. The Morgan fingerprint density at radius 2 is 2.13 bits per heavy atom. The first-order chi connectivity index (χ1) is 7.16. The lowest BCUT2D eigenvalue weighted by Crippen LogP contribution is -2.38. The molecule has 0 aromatic heterocycles. The van der Waals surface area contributed by atoms with Crippen molar-refractivity contribution in [1.29, 1.82) is 0 Å². The van der Waals surface area contributed by atoms with Gasteiger partial charge in [-0.3, -0.25) is 0 Å². The van der Waals surface area contributed by atoms with Crippen molar-refractivity contribution in [3.8, 4) is 0 Å². The molecule has 0 bridgehead atoms. The largest absolute Gasteiger partial charge is 0.376 e. The molecule has 0 aromatic rings. The van der Waals surface area contributed by atoms with Crippen molar-refractivity contribution in [1.82, 2.24) is 5.32 Å². The Hall–Kier alpha value is -0.770. The van der Waals surface area contributed by atoms with Crippen LogP contribution in [0.3, 0.4) is 0 Å². The number of guanidine groups is 1. The first kappa shape index (κ1) is 10.7. The standard InChI is InChI=1S/C11H21N3O/c1-7(2)13-11(12)14-9-5-6-15-10(9)8-3-4-8/h7-10H,3-6H2,1-2H3,(H3,12,13,14). The summed E-state index contributed by atoms with van der Waals surface area (Å²) in [6.07, 6.45) is 3.95. The number of nitrogens with one attached hydrogen (secondary N) is 1. The Morgan fingerprint density at radius 3 is 2.73 bits per heavy atom. The van der Waals surface area contributed by atoms with E-state index in [0.29, 0.717) is 18.1 Å². The van der Waals surface area contributed by atoms with E-state index in [-0.39, 0.29) is 6.04 Å². The second kappa shape index (κ2) is 4.39. The Morgan fingerprint density at radius 1 is 1.40 bits per heavy atom. The lowest BCUT2D eigenvalue weighted by atomic mass is 10.1. The van der Waals surface area contributed by atoms with E-state index < -0.39 is 0 Å². The zero-order valence-corrected chi connectivity index (χ0v) is 9.57. The SMILES string of the molecule is CC(C)NC(N)=NC1CCOC1C1CC1. The number of rotatable bonds is 3. The summed E-state index contributed by atoms with van der Waals surface area (Å²) in [5.74, 6) is 1.30. The average Bonchev–Trinajstić information content (AvgIpc) is 2.87. The van der Waals surface area contributed by atoms with E-state index in [2.05, 4.69) is 24.2 Å². The monoisotopic (exact) mass is 211 g/mol. The molecule has 0 radical (unpaired) electrons. The van der Waals surface area contributed by atoms with Gasteiger partial charge in [0.2, 0.25) is 0 Å². The first-order valence-electron chi connectivity index (χ1n) is 5.88. The summed E-state index contributed by atoms with van der Waals surface area (Å²) in [7, 11) is 0. The molecule has 1 aliphatic carbocycles. The zero-order chi connectivity index (χ0) is 10.8. The van der Waals surface area contributed by atoms with Crippen LogP contribution in [0.4, 0.5) is 0 Å². The lowest BCUT2D eigenvalue weighted by molar-refractivity contribution is 0.0875. The van der Waals surface area contributed by atoms with E-state index in [1.165, 1.54) is 12.8 Å². The van der Waals surface area contributed by atoms with Gasteiger partial charge < -0.3 is 15.8 Å². The smallest absolute Gasteiger partial charge is 0.189 e. The summed E-state index contributed by atoms with van der Waals surface area (Å²) in [5.41, 5.74) is 5.82. The molecule has 2 aliphatic rings. The van der Waals surface area contributed by atoms with E-state index in [4.69, 9.17) is 10.5 Å². The minimum atomic E-state index is 0.281. The molecule has 86 valence electrons. The fourth-order valence-corrected chi connectivity index (χ4v) is 2.12. The summed E-state index contributed by atoms with van der Waals surface area (Å²) in [4.78, 5) is 4.52. The Labute approximate surface area is 91.3 Å². The fourth-order valence-electron chi connectivity index (χ4n) is 2.12. The van der Waals surface area contributed by atoms with Crippen molar-refractivity contribution >= 4 is 5.96 Å². The minimum Gasteiger partial charge on any atom is -0.376 e. The van der Waals surface area contributed by atoms with Crippen molar-refractivity contribution in [2.24, 2.45) is 16.6 Å². The highest BCUT2D eigenvalue weighted by molar-refractivity contribution is 5.78. The first-order valence-corrected chi connectivity index (χ1v) is 5.88. The highest BCUT2D eigenvalue weighted by atomic mass is 16.5. The normalized spacial score (nSPS) is 32.3. The van der Waals surface area contributed by atoms with Gasteiger partial charge in [-0.1, -0.05) is 0 Å². The van der Waals surface area contributed by atoms with E-state index in [1.54, 1.807) is 0 Å². The zero-order valence-electron chi connectivity index (χ0n) is 9.57. The minimum absolute atomic E-state index is 0.281. The number of nitrogens with two attached hydrogens (primary N) is 1. The molecule has 2 rings (SSSR count). The van der Waals surface area contributed by atoms with Gasteiger partial charge in [-0.25, -0.2) is 4.99 Å². The maximum atomic E-state index is 5.82. The second-order valence-corrected chi connectivity index (χ2v) is 4.84. The van der Waals surface area contributed by atoms with E-state index in [9.17, 15) is 0 Å². The molecule has 2 atom stereocenters. The number of hydrogen-bond acceptors (Lipinski definition) is 2. The van der Waals surface area contributed by atoms with Crippen LogP contribution in [0.2, 0.25) is 0 Å². The summed E-state index contributed by atoms with van der Waals surface area (Å²) >= 11 is 0. The molecule has 4 nitrogen and oxygen atoms in total. The number of nitrogens with zero attached hydrogens (tertiary/aromatic N) is 1. The third kappa shape index (κ3) is 2.84. The van der Waals surface area contributed by atoms with Gasteiger partial charge in [-0.15, -0.1) is 0 Å². The number of hydrogen-bond donors (Lipinski definition) is 2. The Balaban J connectivity index is 1.91. The molecule has 1 saturated carbocycles. The van der Waals surface area contributed by atoms with Crippen molar-refractivity contribution in [3.63, 3.8) is 0 Å². The van der Waals surface area contributed by atoms with Gasteiger partial charge in [0, 0.05) is 12.6 Å². The Bertz CT molecular complexity index is 248. The molecule has 3 N–H and O–H groups in total. The lowest BCUT2D eigenvalue weighted by Gasteiger charge is -2.16. The average molecular weight is 211 g/mol. The van der Waals surface area contributed by atoms with Crippen molar-refractivity contribution in [3.05, 3.63) is 0 Å². The van der Waals surface area contributed by atoms with Crippen LogP contribution in [0.15, 0.2) is 4.99 Å². The second-order valence-electron chi connectivity index (χ2n) is 4.84. The van der Waals surface area contributed by atoms with Crippen LogP contribution in [0.5, 0.6) is 0 Å². The van der Waals surface area contributed by atoms with Gasteiger partial charge in [-0.05, 0) is 39.0 Å². The molecule has 0 amide bonds. The quantitative estimate of drug-likeness (QED) is 0.538. The van der Waals surface area contributed by atoms with Gasteiger partial charge in [0.25, 0.3) is 0 Å². The molecule has 4 heteroatoms. The maximum absolute atomic E-state index is 5.82. The molecule has 1 heterocycles. The highest BCUT2D eigenvalue weighted by Gasteiger charge is 2.40. The van der Waals surface area contributed by atoms with E-state index >= 15 is 0 Å². The van der Waals surface area contributed by atoms with Crippen LogP contribution < -0.4 is 11.1 Å². The molecular weight excluding hydrogens is 190 g/mol. The van der Waals surface area contributed by atoms with Crippen LogP contribution in [0, 0.1) is 5.92 Å². The molecule has 15 heavy (non-hydrogen) atoms. The van der Waals surface area contributed by atoms with Gasteiger partial charge in [-0.2, -0.15) is 0 Å². The summed E-state index contributed by atoms with van der Waals surface area (Å²) in [6, 6.07) is 0.624. The van der Waals surface area contributed by atoms with Gasteiger partial charge in [0.1, 0.15) is 0 Å². The molecule has 0 aromatic carbocycles. The van der Waals surface area contributed by atoms with Crippen LogP contribution >= 0.6 is 0 Å². The van der Waals surface area contributed by atoms with Gasteiger partial charge >= 0.3 is 0 Å². The topological polar surface area (TPSA) is 59.6 Å².